The molecule has 4 rings (SSSR count). The number of aliphatic imine (C=N–C) groups is 1. The molecule has 0 unspecified atom stereocenters. The Labute approximate surface area is 211 Å². The lowest BCUT2D eigenvalue weighted by molar-refractivity contribution is 0.835. The molecule has 0 aliphatic heterocycles. The van der Waals surface area contributed by atoms with Crippen molar-refractivity contribution in [3.8, 4) is 0 Å². The van der Waals surface area contributed by atoms with Crippen LogP contribution in [0.3, 0.4) is 0 Å². The molecule has 0 aliphatic rings. The molecule has 1 nitrogen and oxygen atoms in total. The van der Waals surface area contributed by atoms with Crippen molar-refractivity contribution in [1.82, 2.24) is 0 Å². The van der Waals surface area contributed by atoms with Crippen LogP contribution in [0.2, 0.25) is 0 Å². The highest BCUT2D eigenvalue weighted by atomic mass is 31.2. The second-order valence-corrected chi connectivity index (χ2v) is 13.0. The lowest BCUT2D eigenvalue weighted by atomic mass is 9.93. The first-order chi connectivity index (χ1) is 16.9. The largest absolute Gasteiger partial charge is 0.253 e. The van der Waals surface area contributed by atoms with Gasteiger partial charge in [0.1, 0.15) is 0 Å². The zero-order chi connectivity index (χ0) is 24.8. The third kappa shape index (κ3) is 5.26. The van der Waals surface area contributed by atoms with Crippen molar-refractivity contribution in [3.05, 3.63) is 120 Å². The van der Waals surface area contributed by atoms with Gasteiger partial charge in [-0.15, -0.1) is 0 Å². The Hall–Kier alpha value is -3.15. The summed E-state index contributed by atoms with van der Waals surface area (Å²) >= 11 is 0. The van der Waals surface area contributed by atoms with Gasteiger partial charge in [-0.25, -0.2) is 0 Å². The molecule has 0 aromatic heterocycles. The number of hydrogen-bond acceptors (Lipinski definition) is 1. The molecule has 0 heterocycles. The summed E-state index contributed by atoms with van der Waals surface area (Å²) < 4.78 is 0. The number of benzene rings is 4. The number of para-hydroxylation sites is 1. The fourth-order valence-electron chi connectivity index (χ4n) is 4.79. The molecule has 0 fully saturated rings. The van der Waals surface area contributed by atoms with E-state index in [2.05, 4.69) is 150 Å². The Balaban J connectivity index is 2.07. The van der Waals surface area contributed by atoms with Gasteiger partial charge in [-0.2, -0.15) is 0 Å². The average molecular weight is 478 g/mol. The second-order valence-electron chi connectivity index (χ2n) is 9.71. The summed E-state index contributed by atoms with van der Waals surface area (Å²) in [7, 11) is 0. The maximum absolute atomic E-state index is 5.35. The summed E-state index contributed by atoms with van der Waals surface area (Å²) in [5.41, 5.74) is 4.82. The molecule has 0 amide bonds. The third-order valence-electron chi connectivity index (χ3n) is 6.50. The van der Waals surface area contributed by atoms with Crippen molar-refractivity contribution >= 4 is 40.0 Å². The zero-order valence-electron chi connectivity index (χ0n) is 21.5. The van der Waals surface area contributed by atoms with Gasteiger partial charge in [0.25, 0.3) is 0 Å². The highest BCUT2D eigenvalue weighted by Crippen LogP contribution is 2.44. The number of nitrogens with zero attached hydrogens (tertiary/aromatic N) is 1. The molecule has 0 spiro atoms. The first-order valence-electron chi connectivity index (χ1n) is 12.5. The molecule has 4 aromatic carbocycles. The summed E-state index contributed by atoms with van der Waals surface area (Å²) in [6.45, 7) is 9.12. The minimum Gasteiger partial charge on any atom is -0.253 e. The van der Waals surface area contributed by atoms with E-state index < -0.39 is 6.89 Å². The third-order valence-corrected chi connectivity index (χ3v) is 10.6. The molecule has 0 aliphatic carbocycles. The minimum atomic E-state index is -2.08. The predicted molar refractivity (Wildman–Crippen MR) is 159 cm³/mol. The Kier molecular flexibility index (Phi) is 7.89. The van der Waals surface area contributed by atoms with E-state index in [0.29, 0.717) is 11.8 Å². The van der Waals surface area contributed by atoms with Gasteiger partial charge in [-0.05, 0) is 58.5 Å². The molecule has 0 saturated heterocycles. The van der Waals surface area contributed by atoms with E-state index >= 15 is 0 Å². The normalized spacial score (nSPS) is 12.3. The molecule has 0 bridgehead atoms. The lowest BCUT2D eigenvalue weighted by Crippen LogP contribution is -2.28. The van der Waals surface area contributed by atoms with Gasteiger partial charge < -0.3 is 0 Å². The van der Waals surface area contributed by atoms with Crippen LogP contribution in [0, 0.1) is 0 Å². The first kappa shape index (κ1) is 25.0. The Morgan fingerprint density at radius 1 is 0.571 bits per heavy atom. The zero-order valence-corrected chi connectivity index (χ0v) is 22.4. The first-order valence-corrected chi connectivity index (χ1v) is 14.4. The van der Waals surface area contributed by atoms with E-state index in [-0.39, 0.29) is 0 Å². The summed E-state index contributed by atoms with van der Waals surface area (Å²) in [6, 6.07) is 39.5. The van der Waals surface area contributed by atoms with Crippen molar-refractivity contribution in [2.24, 2.45) is 4.99 Å². The van der Waals surface area contributed by atoms with Crippen LogP contribution >= 0.6 is 6.89 Å². The van der Waals surface area contributed by atoms with Crippen LogP contribution in [-0.4, -0.2) is 11.5 Å². The monoisotopic (exact) mass is 477 g/mol. The van der Waals surface area contributed by atoms with Crippen molar-refractivity contribution in [2.75, 3.05) is 0 Å². The van der Waals surface area contributed by atoms with Gasteiger partial charge in [0.2, 0.25) is 0 Å². The van der Waals surface area contributed by atoms with Gasteiger partial charge in [0, 0.05) is 5.71 Å². The van der Waals surface area contributed by atoms with Gasteiger partial charge >= 0.3 is 0 Å². The van der Waals surface area contributed by atoms with E-state index in [0.717, 1.165) is 11.4 Å². The number of rotatable bonds is 7. The van der Waals surface area contributed by atoms with Crippen molar-refractivity contribution in [2.45, 2.75) is 46.5 Å². The van der Waals surface area contributed by atoms with E-state index in [4.69, 9.17) is 4.99 Å². The van der Waals surface area contributed by atoms with Gasteiger partial charge in [-0.3, -0.25) is 4.99 Å². The van der Waals surface area contributed by atoms with Crippen LogP contribution in [0.25, 0.3) is 0 Å². The summed E-state index contributed by atoms with van der Waals surface area (Å²) in [5.74, 6) is 3.29. The van der Waals surface area contributed by atoms with Crippen molar-refractivity contribution in [1.29, 1.82) is 0 Å². The molecule has 35 heavy (non-hydrogen) atoms. The highest BCUT2D eigenvalue weighted by molar-refractivity contribution is 7.95. The molecule has 4 aromatic rings. The van der Waals surface area contributed by atoms with E-state index in [9.17, 15) is 0 Å². The van der Waals surface area contributed by atoms with Crippen LogP contribution in [0.15, 0.2) is 114 Å². The Morgan fingerprint density at radius 2 is 0.943 bits per heavy atom. The Bertz CT molecular complexity index is 1200. The Morgan fingerprint density at radius 3 is 1.29 bits per heavy atom. The maximum Gasteiger partial charge on any atom is 0.0701 e. The summed E-state index contributed by atoms with van der Waals surface area (Å²) in [5, 5.41) is 4.02. The molecular formula is C33H36NP. The second kappa shape index (κ2) is 11.1. The SMILES string of the molecule is CC(C=P(c1ccccc1)(c1ccccc1)c1ccccc1)=Nc1c(C(C)C)cccc1C(C)C. The van der Waals surface area contributed by atoms with Crippen LogP contribution in [0.1, 0.15) is 57.6 Å². The van der Waals surface area contributed by atoms with Crippen molar-refractivity contribution < 1.29 is 0 Å². The maximum atomic E-state index is 5.35. The molecule has 0 N–H and O–H groups in total. The van der Waals surface area contributed by atoms with Gasteiger partial charge in [0.15, 0.2) is 0 Å². The quantitative estimate of drug-likeness (QED) is 0.190. The summed E-state index contributed by atoms with van der Waals surface area (Å²) in [6.07, 6.45) is 0. The van der Waals surface area contributed by atoms with Gasteiger partial charge in [-0.1, -0.05) is 137 Å². The fraction of sp³-hybridized carbons (Fsp3) is 0.212. The van der Waals surface area contributed by atoms with Crippen LogP contribution in [0.4, 0.5) is 5.69 Å². The van der Waals surface area contributed by atoms with Crippen LogP contribution in [-0.2, 0) is 0 Å². The standard InChI is InChI=1S/C33H36NP/c1-25(2)31-22-15-23-32(26(3)4)33(31)34-27(5)24-35(28-16-9-6-10-17-28,29-18-11-7-12-19-29)30-20-13-8-14-21-30/h6-26H,1-5H3. The fourth-order valence-corrected chi connectivity index (χ4v) is 8.67. The number of hydrogen-bond donors (Lipinski definition) is 0. The van der Waals surface area contributed by atoms with E-state index in [1.54, 1.807) is 0 Å². The molecular weight excluding hydrogens is 441 g/mol. The predicted octanol–water partition coefficient (Wildman–Crippen LogP) is 7.82. The van der Waals surface area contributed by atoms with Gasteiger partial charge in [0.05, 0.1) is 5.69 Å². The van der Waals surface area contributed by atoms with Crippen LogP contribution in [0.5, 0.6) is 0 Å². The average Bonchev–Trinajstić information content (AvgIpc) is 2.88. The van der Waals surface area contributed by atoms with E-state index in [1.165, 1.54) is 27.0 Å². The van der Waals surface area contributed by atoms with Crippen molar-refractivity contribution in [3.63, 3.8) is 0 Å². The smallest absolute Gasteiger partial charge is 0.0701 e. The van der Waals surface area contributed by atoms with Crippen LogP contribution < -0.4 is 15.9 Å². The molecule has 178 valence electrons. The highest BCUT2D eigenvalue weighted by Gasteiger charge is 2.25. The van der Waals surface area contributed by atoms with E-state index in [1.807, 2.05) is 0 Å². The topological polar surface area (TPSA) is 12.4 Å². The molecule has 0 radical (unpaired) electrons. The lowest BCUT2D eigenvalue weighted by Gasteiger charge is -2.29. The minimum absolute atomic E-state index is 0.414. The summed E-state index contributed by atoms with van der Waals surface area (Å²) in [4.78, 5) is 5.35. The molecule has 0 saturated carbocycles. The molecule has 0 atom stereocenters. The molecule has 2 heteroatoms.